The maximum absolute atomic E-state index is 14.2. The summed E-state index contributed by atoms with van der Waals surface area (Å²) in [6, 6.07) is -0.808. The number of rotatable bonds is 7. The molecule has 3 saturated heterocycles. The molecule has 3 aliphatic rings. The number of aliphatic hydroxyl groups is 5. The lowest BCUT2D eigenvalue weighted by molar-refractivity contribution is -0.318. The molecule has 18 atom stereocenters. The maximum atomic E-state index is 14.2. The van der Waals surface area contributed by atoms with Crippen molar-refractivity contribution in [2.45, 2.75) is 185 Å². The standard InChI is InChI=1S/C38H72N2O12/c1-15-27-38(10,46)31(42)24(6)40(13)19-20(2)17-36(8,45)33(52-35-29(41)26(39(11)12)16-21(3)48-35)22(4)30(23(5)34(44)50-27)51-28-18-37(9,47-14)32(43)25(7)49-28/h20-33,35,41-43,45-46H,15-19H2,1-14H3/t20-,21-,22+,23-,24-,25+,26+,27-,28+,29-,30+,31-,32+,33-,35+,36-,37?,38-/m1/s1. The first kappa shape index (κ1) is 45.4. The lowest BCUT2D eigenvalue weighted by atomic mass is 9.77. The van der Waals surface area contributed by atoms with Crippen molar-refractivity contribution in [3.8, 4) is 0 Å². The highest BCUT2D eigenvalue weighted by Crippen LogP contribution is 2.40. The van der Waals surface area contributed by atoms with Crippen LogP contribution in [0.1, 0.15) is 94.9 Å². The van der Waals surface area contributed by atoms with Gasteiger partial charge < -0.3 is 63.8 Å². The van der Waals surface area contributed by atoms with Crippen molar-refractivity contribution in [2.75, 3.05) is 34.8 Å². The van der Waals surface area contributed by atoms with Crippen molar-refractivity contribution in [3.05, 3.63) is 0 Å². The van der Waals surface area contributed by atoms with Gasteiger partial charge in [-0.05, 0) is 94.8 Å². The van der Waals surface area contributed by atoms with E-state index in [4.69, 9.17) is 28.4 Å². The van der Waals surface area contributed by atoms with Gasteiger partial charge in [-0.15, -0.1) is 0 Å². The summed E-state index contributed by atoms with van der Waals surface area (Å²) in [4.78, 5) is 18.0. The van der Waals surface area contributed by atoms with Gasteiger partial charge in [0, 0.05) is 38.1 Å². The minimum atomic E-state index is -1.80. The number of likely N-dealkylation sites (N-methyl/N-ethyl adjacent to an activating group) is 2. The van der Waals surface area contributed by atoms with E-state index >= 15 is 0 Å². The Labute approximate surface area is 312 Å². The number of methoxy groups -OCH3 is 1. The molecular weight excluding hydrogens is 676 g/mol. The largest absolute Gasteiger partial charge is 0.459 e. The Bertz CT molecular complexity index is 1140. The molecule has 0 aromatic carbocycles. The second kappa shape index (κ2) is 17.8. The Morgan fingerprint density at radius 2 is 1.56 bits per heavy atom. The SMILES string of the molecule is CC[C@H]1OC(=O)[C@H](C)[C@@H](O[C@H]2CC(C)(OC)[C@@H](O)[C@H](C)O2)[C@H](C)[C@@H](O[C@@H]2O[C@H](C)C[C@H](N(C)C)[C@H]2O)[C@](C)(O)C[C@@H](C)CN(C)[C@H](C)[C@@H](O)[C@]1(C)O. The third kappa shape index (κ3) is 10.0. The highest BCUT2D eigenvalue weighted by molar-refractivity contribution is 5.73. The third-order valence-electron chi connectivity index (χ3n) is 12.2. The average molecular weight is 749 g/mol. The van der Waals surface area contributed by atoms with Gasteiger partial charge in [-0.25, -0.2) is 0 Å². The van der Waals surface area contributed by atoms with Gasteiger partial charge in [-0.2, -0.15) is 0 Å². The molecule has 0 aromatic rings. The molecule has 1 unspecified atom stereocenters. The second-order valence-corrected chi connectivity index (χ2v) is 17.2. The van der Waals surface area contributed by atoms with Crippen LogP contribution in [0.25, 0.3) is 0 Å². The first-order chi connectivity index (χ1) is 23.9. The zero-order valence-corrected chi connectivity index (χ0v) is 34.2. The monoisotopic (exact) mass is 749 g/mol. The maximum Gasteiger partial charge on any atom is 0.311 e. The number of hydrogen-bond acceptors (Lipinski definition) is 14. The van der Waals surface area contributed by atoms with Crippen molar-refractivity contribution in [1.29, 1.82) is 0 Å². The molecule has 3 aliphatic heterocycles. The van der Waals surface area contributed by atoms with Crippen molar-refractivity contribution in [2.24, 2.45) is 17.8 Å². The van der Waals surface area contributed by atoms with E-state index in [-0.39, 0.29) is 37.3 Å². The third-order valence-corrected chi connectivity index (χ3v) is 12.2. The highest BCUT2D eigenvalue weighted by Gasteiger charge is 2.52. The van der Waals surface area contributed by atoms with Gasteiger partial charge in [-0.3, -0.25) is 4.79 Å². The lowest BCUT2D eigenvalue weighted by Crippen LogP contribution is -2.60. The molecule has 0 aliphatic carbocycles. The molecule has 3 rings (SSSR count). The van der Waals surface area contributed by atoms with Gasteiger partial charge in [0.15, 0.2) is 12.6 Å². The number of aliphatic hydroxyl groups excluding tert-OH is 3. The molecule has 14 heteroatoms. The predicted molar refractivity (Wildman–Crippen MR) is 194 cm³/mol. The number of carbonyl (C=O) groups excluding carboxylic acids is 1. The van der Waals surface area contributed by atoms with Crippen molar-refractivity contribution < 1.29 is 58.7 Å². The molecule has 0 saturated carbocycles. The van der Waals surface area contributed by atoms with Gasteiger partial charge in [0.25, 0.3) is 0 Å². The molecule has 0 spiro atoms. The van der Waals surface area contributed by atoms with Crippen LogP contribution in [0, 0.1) is 17.8 Å². The molecule has 0 radical (unpaired) electrons. The molecule has 3 heterocycles. The summed E-state index contributed by atoms with van der Waals surface area (Å²) >= 11 is 0. The van der Waals surface area contributed by atoms with E-state index in [0.29, 0.717) is 13.0 Å². The normalized spacial score (nSPS) is 49.6. The fourth-order valence-corrected chi connectivity index (χ4v) is 8.74. The molecular formula is C38H72N2O12. The first-order valence-corrected chi connectivity index (χ1v) is 19.1. The Balaban J connectivity index is 2.17. The summed E-state index contributed by atoms with van der Waals surface area (Å²) in [5, 5.41) is 58.1. The lowest BCUT2D eigenvalue weighted by Gasteiger charge is -2.48. The summed E-state index contributed by atoms with van der Waals surface area (Å²) < 4.78 is 37.5. The summed E-state index contributed by atoms with van der Waals surface area (Å²) in [6.45, 7) is 18.0. The van der Waals surface area contributed by atoms with Crippen LogP contribution >= 0.6 is 0 Å². The number of nitrogens with zero attached hydrogens (tertiary/aromatic N) is 2. The van der Waals surface area contributed by atoms with Crippen LogP contribution in [0.2, 0.25) is 0 Å². The molecule has 3 fully saturated rings. The van der Waals surface area contributed by atoms with Crippen LogP contribution in [-0.4, -0.2) is 166 Å². The van der Waals surface area contributed by atoms with E-state index < -0.39 is 96.0 Å². The number of carbonyl (C=O) groups is 1. The topological polar surface area (TPSA) is 180 Å². The first-order valence-electron chi connectivity index (χ1n) is 19.1. The van der Waals surface area contributed by atoms with Crippen LogP contribution < -0.4 is 0 Å². The van der Waals surface area contributed by atoms with Crippen LogP contribution in [0.15, 0.2) is 0 Å². The Kier molecular flexibility index (Phi) is 15.6. The summed E-state index contributed by atoms with van der Waals surface area (Å²) in [5.74, 6) is -2.58. The van der Waals surface area contributed by atoms with Gasteiger partial charge in [0.1, 0.15) is 30.0 Å². The summed E-state index contributed by atoms with van der Waals surface area (Å²) in [6.07, 6.45) is -8.19. The van der Waals surface area contributed by atoms with Crippen molar-refractivity contribution in [3.63, 3.8) is 0 Å². The number of hydrogen-bond donors (Lipinski definition) is 5. The molecule has 306 valence electrons. The van der Waals surface area contributed by atoms with Gasteiger partial charge in [0.2, 0.25) is 0 Å². The van der Waals surface area contributed by atoms with Crippen LogP contribution in [0.5, 0.6) is 0 Å². The zero-order chi connectivity index (χ0) is 39.7. The Morgan fingerprint density at radius 3 is 2.12 bits per heavy atom. The molecule has 52 heavy (non-hydrogen) atoms. The quantitative estimate of drug-likeness (QED) is 0.238. The van der Waals surface area contributed by atoms with Gasteiger partial charge >= 0.3 is 5.97 Å². The molecule has 0 aromatic heterocycles. The molecule has 0 bridgehead atoms. The summed E-state index contributed by atoms with van der Waals surface area (Å²) in [7, 11) is 7.12. The van der Waals surface area contributed by atoms with E-state index in [0.717, 1.165) is 0 Å². The second-order valence-electron chi connectivity index (χ2n) is 17.2. The van der Waals surface area contributed by atoms with E-state index in [1.807, 2.05) is 51.7 Å². The van der Waals surface area contributed by atoms with Gasteiger partial charge in [0.05, 0.1) is 41.5 Å². The highest BCUT2D eigenvalue weighted by atomic mass is 16.7. The van der Waals surface area contributed by atoms with Crippen molar-refractivity contribution >= 4 is 5.97 Å². The van der Waals surface area contributed by atoms with E-state index in [1.54, 1.807) is 41.5 Å². The van der Waals surface area contributed by atoms with Crippen molar-refractivity contribution in [1.82, 2.24) is 9.80 Å². The van der Waals surface area contributed by atoms with Gasteiger partial charge in [-0.1, -0.05) is 20.8 Å². The molecule has 14 nitrogen and oxygen atoms in total. The van der Waals surface area contributed by atoms with Crippen LogP contribution in [0.3, 0.4) is 0 Å². The van der Waals surface area contributed by atoms with Crippen LogP contribution in [-0.2, 0) is 33.2 Å². The minimum absolute atomic E-state index is 0.133. The average Bonchev–Trinajstić information content (AvgIpc) is 3.05. The van der Waals surface area contributed by atoms with E-state index in [1.165, 1.54) is 14.0 Å². The number of ether oxygens (including phenoxy) is 6. The van der Waals surface area contributed by atoms with E-state index in [9.17, 15) is 30.3 Å². The fraction of sp³-hybridized carbons (Fsp3) is 0.974. The number of esters is 1. The van der Waals surface area contributed by atoms with E-state index in [2.05, 4.69) is 0 Å². The van der Waals surface area contributed by atoms with Crippen LogP contribution in [0.4, 0.5) is 0 Å². The smallest absolute Gasteiger partial charge is 0.311 e. The molecule has 5 N–H and O–H groups in total. The Morgan fingerprint density at radius 1 is 0.942 bits per heavy atom. The zero-order valence-electron chi connectivity index (χ0n) is 34.2. The fourth-order valence-electron chi connectivity index (χ4n) is 8.74. The number of cyclic esters (lactones) is 1. The predicted octanol–water partition coefficient (Wildman–Crippen LogP) is 1.90. The Hall–Kier alpha value is -1.01. The molecule has 0 amide bonds. The minimum Gasteiger partial charge on any atom is -0.459 e. The summed E-state index contributed by atoms with van der Waals surface area (Å²) in [5.41, 5.74) is -4.37.